The number of benzene rings is 1. The van der Waals surface area contributed by atoms with Gasteiger partial charge in [-0.1, -0.05) is 13.0 Å². The van der Waals surface area contributed by atoms with Crippen LogP contribution in [-0.4, -0.2) is 38.2 Å². The van der Waals surface area contributed by atoms with Crippen LogP contribution < -0.4 is 10.1 Å². The van der Waals surface area contributed by atoms with E-state index < -0.39 is 0 Å². The SMILES string of the molecule is CC[C@H](c1ccc(F)c(OC)c1)N1CCNCC1. The van der Waals surface area contributed by atoms with Gasteiger partial charge in [-0.05, 0) is 24.1 Å². The van der Waals surface area contributed by atoms with E-state index in [4.69, 9.17) is 4.74 Å². The lowest BCUT2D eigenvalue weighted by molar-refractivity contribution is 0.169. The zero-order valence-corrected chi connectivity index (χ0v) is 11.1. The van der Waals surface area contributed by atoms with E-state index in [2.05, 4.69) is 17.1 Å². The Kier molecular flexibility index (Phi) is 4.55. The molecule has 1 atom stereocenters. The average molecular weight is 252 g/mol. The quantitative estimate of drug-likeness (QED) is 0.889. The number of halogens is 1. The predicted octanol–water partition coefficient (Wildman–Crippen LogP) is 2.19. The maximum atomic E-state index is 13.4. The molecule has 1 aromatic rings. The number of piperazine rings is 1. The molecule has 1 heterocycles. The van der Waals surface area contributed by atoms with Crippen LogP contribution in [0.1, 0.15) is 24.9 Å². The van der Waals surface area contributed by atoms with Gasteiger partial charge in [-0.3, -0.25) is 4.90 Å². The number of nitrogens with one attached hydrogen (secondary N) is 1. The summed E-state index contributed by atoms with van der Waals surface area (Å²) in [6.45, 7) is 6.29. The molecule has 0 bridgehead atoms. The van der Waals surface area contributed by atoms with E-state index in [1.807, 2.05) is 12.1 Å². The van der Waals surface area contributed by atoms with Crippen LogP contribution in [0.5, 0.6) is 5.75 Å². The van der Waals surface area contributed by atoms with Crippen LogP contribution in [0.25, 0.3) is 0 Å². The summed E-state index contributed by atoms with van der Waals surface area (Å²) in [5.74, 6) is 0.0394. The van der Waals surface area contributed by atoms with Crippen LogP contribution in [-0.2, 0) is 0 Å². The lowest BCUT2D eigenvalue weighted by Crippen LogP contribution is -2.45. The van der Waals surface area contributed by atoms with Gasteiger partial charge in [-0.25, -0.2) is 4.39 Å². The van der Waals surface area contributed by atoms with Crippen LogP contribution in [0.2, 0.25) is 0 Å². The van der Waals surface area contributed by atoms with Crippen molar-refractivity contribution in [2.75, 3.05) is 33.3 Å². The van der Waals surface area contributed by atoms with Crippen molar-refractivity contribution in [2.45, 2.75) is 19.4 Å². The fourth-order valence-corrected chi connectivity index (χ4v) is 2.58. The Morgan fingerprint density at radius 3 is 2.72 bits per heavy atom. The molecule has 1 fully saturated rings. The first-order chi connectivity index (χ1) is 8.76. The minimum atomic E-state index is -0.295. The largest absolute Gasteiger partial charge is 0.494 e. The number of hydrogen-bond acceptors (Lipinski definition) is 3. The highest BCUT2D eigenvalue weighted by molar-refractivity contribution is 5.32. The summed E-state index contributed by atoms with van der Waals surface area (Å²) in [5.41, 5.74) is 1.14. The number of rotatable bonds is 4. The van der Waals surface area contributed by atoms with E-state index in [-0.39, 0.29) is 5.82 Å². The predicted molar refractivity (Wildman–Crippen MR) is 70.4 cm³/mol. The van der Waals surface area contributed by atoms with Gasteiger partial charge in [0.15, 0.2) is 11.6 Å². The summed E-state index contributed by atoms with van der Waals surface area (Å²) in [6, 6.07) is 5.54. The minimum absolute atomic E-state index is 0.295. The topological polar surface area (TPSA) is 24.5 Å². The van der Waals surface area contributed by atoms with E-state index in [1.165, 1.54) is 13.2 Å². The molecule has 0 aromatic heterocycles. The molecule has 3 nitrogen and oxygen atoms in total. The summed E-state index contributed by atoms with van der Waals surface area (Å²) in [4.78, 5) is 2.45. The van der Waals surface area contributed by atoms with Crippen LogP contribution in [0.3, 0.4) is 0 Å². The molecule has 0 saturated carbocycles. The summed E-state index contributed by atoms with van der Waals surface area (Å²) < 4.78 is 18.5. The normalized spacial score (nSPS) is 18.6. The molecule has 1 N–H and O–H groups in total. The van der Waals surface area contributed by atoms with Crippen molar-refractivity contribution in [3.63, 3.8) is 0 Å². The molecule has 1 aliphatic rings. The maximum absolute atomic E-state index is 13.4. The second kappa shape index (κ2) is 6.16. The van der Waals surface area contributed by atoms with Crippen molar-refractivity contribution in [3.8, 4) is 5.75 Å². The molecular weight excluding hydrogens is 231 g/mol. The molecule has 0 spiro atoms. The number of nitrogens with zero attached hydrogens (tertiary/aromatic N) is 1. The van der Waals surface area contributed by atoms with Gasteiger partial charge in [0.25, 0.3) is 0 Å². The molecule has 4 heteroatoms. The monoisotopic (exact) mass is 252 g/mol. The molecule has 18 heavy (non-hydrogen) atoms. The van der Waals surface area contributed by atoms with Gasteiger partial charge in [0.2, 0.25) is 0 Å². The van der Waals surface area contributed by atoms with Crippen LogP contribution in [0.15, 0.2) is 18.2 Å². The van der Waals surface area contributed by atoms with Crippen LogP contribution in [0, 0.1) is 5.82 Å². The van der Waals surface area contributed by atoms with Gasteiger partial charge in [-0.15, -0.1) is 0 Å². The van der Waals surface area contributed by atoms with Gasteiger partial charge >= 0.3 is 0 Å². The highest BCUT2D eigenvalue weighted by atomic mass is 19.1. The Balaban J connectivity index is 2.20. The third-order valence-corrected chi connectivity index (χ3v) is 3.54. The third-order valence-electron chi connectivity index (χ3n) is 3.54. The van der Waals surface area contributed by atoms with Gasteiger partial charge in [0, 0.05) is 32.2 Å². The Hall–Kier alpha value is -1.13. The van der Waals surface area contributed by atoms with Crippen molar-refractivity contribution in [2.24, 2.45) is 0 Å². The molecule has 100 valence electrons. The number of methoxy groups -OCH3 is 1. The van der Waals surface area contributed by atoms with Crippen molar-refractivity contribution in [1.29, 1.82) is 0 Å². The van der Waals surface area contributed by atoms with Crippen molar-refractivity contribution in [3.05, 3.63) is 29.6 Å². The zero-order chi connectivity index (χ0) is 13.0. The number of ether oxygens (including phenoxy) is 1. The molecule has 1 aliphatic heterocycles. The van der Waals surface area contributed by atoms with Gasteiger partial charge in [-0.2, -0.15) is 0 Å². The van der Waals surface area contributed by atoms with Crippen LogP contribution >= 0.6 is 0 Å². The molecule has 0 unspecified atom stereocenters. The van der Waals surface area contributed by atoms with E-state index >= 15 is 0 Å². The minimum Gasteiger partial charge on any atom is -0.494 e. The molecule has 0 radical (unpaired) electrons. The zero-order valence-electron chi connectivity index (χ0n) is 11.1. The van der Waals surface area contributed by atoms with Gasteiger partial charge in [0.05, 0.1) is 7.11 Å². The molecule has 1 saturated heterocycles. The first-order valence-corrected chi connectivity index (χ1v) is 6.54. The van der Waals surface area contributed by atoms with E-state index in [1.54, 1.807) is 0 Å². The summed E-state index contributed by atoms with van der Waals surface area (Å²) in [7, 11) is 1.51. The first kappa shape index (κ1) is 13.3. The smallest absolute Gasteiger partial charge is 0.165 e. The Labute approximate surface area is 108 Å². The van der Waals surface area contributed by atoms with E-state index in [0.29, 0.717) is 11.8 Å². The number of hydrogen-bond donors (Lipinski definition) is 1. The van der Waals surface area contributed by atoms with E-state index in [9.17, 15) is 4.39 Å². The molecular formula is C14H21FN2O. The van der Waals surface area contributed by atoms with Crippen molar-refractivity contribution < 1.29 is 9.13 Å². The van der Waals surface area contributed by atoms with Crippen LogP contribution in [0.4, 0.5) is 4.39 Å². The molecule has 1 aromatic carbocycles. The molecule has 0 amide bonds. The molecule has 0 aliphatic carbocycles. The van der Waals surface area contributed by atoms with Crippen molar-refractivity contribution in [1.82, 2.24) is 10.2 Å². The highest BCUT2D eigenvalue weighted by Crippen LogP contribution is 2.28. The fourth-order valence-electron chi connectivity index (χ4n) is 2.58. The fraction of sp³-hybridized carbons (Fsp3) is 0.571. The Bertz CT molecular complexity index is 391. The summed E-state index contributed by atoms with van der Waals surface area (Å²) in [6.07, 6.45) is 1.02. The Morgan fingerprint density at radius 1 is 1.39 bits per heavy atom. The lowest BCUT2D eigenvalue weighted by Gasteiger charge is -2.34. The van der Waals surface area contributed by atoms with Crippen molar-refractivity contribution >= 4 is 0 Å². The van der Waals surface area contributed by atoms with E-state index in [0.717, 1.165) is 38.2 Å². The summed E-state index contributed by atoms with van der Waals surface area (Å²) in [5, 5.41) is 3.35. The first-order valence-electron chi connectivity index (χ1n) is 6.54. The second-order valence-electron chi connectivity index (χ2n) is 4.60. The standard InChI is InChI=1S/C14H21FN2O/c1-3-13(17-8-6-16-7-9-17)11-4-5-12(15)14(10-11)18-2/h4-5,10,13,16H,3,6-9H2,1-2H3/t13-/m1/s1. The summed E-state index contributed by atoms with van der Waals surface area (Å²) >= 11 is 0. The Morgan fingerprint density at radius 2 is 2.11 bits per heavy atom. The molecule has 2 rings (SSSR count). The van der Waals surface area contributed by atoms with Gasteiger partial charge < -0.3 is 10.1 Å². The lowest BCUT2D eigenvalue weighted by atomic mass is 10.0. The van der Waals surface area contributed by atoms with Gasteiger partial charge in [0.1, 0.15) is 0 Å². The average Bonchev–Trinajstić information content (AvgIpc) is 2.42. The third kappa shape index (κ3) is 2.82. The second-order valence-corrected chi connectivity index (χ2v) is 4.60. The highest BCUT2D eigenvalue weighted by Gasteiger charge is 2.21. The maximum Gasteiger partial charge on any atom is 0.165 e.